The van der Waals surface area contributed by atoms with E-state index < -0.39 is 28.0 Å². The van der Waals surface area contributed by atoms with Gasteiger partial charge in [0.25, 0.3) is 15.9 Å². The van der Waals surface area contributed by atoms with Crippen LogP contribution in [0.15, 0.2) is 87.6 Å². The average Bonchev–Trinajstić information content (AvgIpc) is 3.10. The number of nitrogens with zero attached hydrogens (tertiary/aromatic N) is 2. The summed E-state index contributed by atoms with van der Waals surface area (Å²) in [5.74, 6) is -0.00230. The Kier molecular flexibility index (Phi) is 15.0. The highest BCUT2D eigenvalue weighted by molar-refractivity contribution is 7.99. The molecule has 3 aromatic rings. The predicted molar refractivity (Wildman–Crippen MR) is 195 cm³/mol. The lowest BCUT2D eigenvalue weighted by Crippen LogP contribution is -2.52. The van der Waals surface area contributed by atoms with E-state index in [1.807, 2.05) is 24.3 Å². The first kappa shape index (κ1) is 37.9. The molecule has 1 aliphatic rings. The van der Waals surface area contributed by atoms with Crippen molar-refractivity contribution < 1.29 is 32.2 Å². The molecule has 1 aliphatic heterocycles. The summed E-state index contributed by atoms with van der Waals surface area (Å²) in [5.41, 5.74) is 1.13. The van der Waals surface area contributed by atoms with Gasteiger partial charge >= 0.3 is 5.97 Å². The molecule has 1 amide bonds. The summed E-state index contributed by atoms with van der Waals surface area (Å²) in [7, 11) is -4.10. The SMILES string of the molecule is CCCCCCSc1ccccc1NC(=O)C(Oc1ccc(C(=O)OCC)cc1)C1=Nc2ccccc2S(=O)(=O)N1CCCOCCCC. The number of nitrogens with one attached hydrogen (secondary N) is 1. The van der Waals surface area contributed by atoms with Crippen molar-refractivity contribution in [2.24, 2.45) is 4.99 Å². The van der Waals surface area contributed by atoms with Gasteiger partial charge in [-0.2, -0.15) is 0 Å². The average molecular weight is 710 g/mol. The second kappa shape index (κ2) is 19.4. The summed E-state index contributed by atoms with van der Waals surface area (Å²) in [6, 6.07) is 20.1. The Bertz CT molecular complexity index is 1660. The molecule has 4 rings (SSSR count). The molecule has 1 heterocycles. The second-order valence-corrected chi connectivity index (χ2v) is 14.4. The minimum absolute atomic E-state index is 0.0285. The minimum atomic E-state index is -4.10. The molecule has 0 aliphatic carbocycles. The van der Waals surface area contributed by atoms with Gasteiger partial charge in [0.05, 0.1) is 23.5 Å². The third kappa shape index (κ3) is 10.6. The van der Waals surface area contributed by atoms with E-state index in [9.17, 15) is 18.0 Å². The van der Waals surface area contributed by atoms with E-state index in [4.69, 9.17) is 19.2 Å². The van der Waals surface area contributed by atoms with Crippen molar-refractivity contribution >= 4 is 50.9 Å². The molecule has 3 aromatic carbocycles. The zero-order valence-electron chi connectivity index (χ0n) is 28.6. The Morgan fingerprint density at radius 3 is 2.33 bits per heavy atom. The quantitative estimate of drug-likeness (QED) is 0.0715. The van der Waals surface area contributed by atoms with Gasteiger partial charge < -0.3 is 19.5 Å². The van der Waals surface area contributed by atoms with Crippen molar-refractivity contribution in [3.63, 3.8) is 0 Å². The van der Waals surface area contributed by atoms with Crippen molar-refractivity contribution in [3.05, 3.63) is 78.4 Å². The molecule has 0 spiro atoms. The lowest BCUT2D eigenvalue weighted by atomic mass is 10.2. The maximum atomic E-state index is 14.3. The fourth-order valence-corrected chi connectivity index (χ4v) is 7.76. The number of benzene rings is 3. The van der Waals surface area contributed by atoms with Gasteiger partial charge in [-0.15, -0.1) is 11.8 Å². The molecule has 0 radical (unpaired) electrons. The first-order valence-electron chi connectivity index (χ1n) is 17.0. The zero-order chi connectivity index (χ0) is 35.1. The number of fused-ring (bicyclic) bond motifs is 1. The number of carbonyl (C=O) groups is 2. The Morgan fingerprint density at radius 1 is 0.857 bits per heavy atom. The van der Waals surface area contributed by atoms with E-state index >= 15 is 0 Å². The number of thioether (sulfide) groups is 1. The number of rotatable bonds is 20. The van der Waals surface area contributed by atoms with Crippen molar-refractivity contribution in [1.29, 1.82) is 0 Å². The number of anilines is 1. The van der Waals surface area contributed by atoms with Crippen molar-refractivity contribution in [1.82, 2.24) is 4.31 Å². The molecule has 12 heteroatoms. The van der Waals surface area contributed by atoms with Crippen LogP contribution in [0.1, 0.15) is 76.1 Å². The number of hydrogen-bond acceptors (Lipinski definition) is 9. The summed E-state index contributed by atoms with van der Waals surface area (Å²) >= 11 is 1.66. The number of unbranched alkanes of at least 4 members (excludes halogenated alkanes) is 4. The molecular formula is C37H47N3O7S2. The molecular weight excluding hydrogens is 663 g/mol. The number of carbonyl (C=O) groups excluding carboxylic acids is 2. The van der Waals surface area contributed by atoms with Crippen LogP contribution >= 0.6 is 11.8 Å². The van der Waals surface area contributed by atoms with Crippen LogP contribution in [-0.2, 0) is 24.3 Å². The third-order valence-electron chi connectivity index (χ3n) is 7.71. The Labute approximate surface area is 294 Å². The number of esters is 1. The van der Waals surface area contributed by atoms with Crippen LogP contribution in [0.5, 0.6) is 5.75 Å². The van der Waals surface area contributed by atoms with Crippen molar-refractivity contribution in [2.75, 3.05) is 37.4 Å². The van der Waals surface area contributed by atoms with Gasteiger partial charge in [-0.05, 0) is 80.5 Å². The molecule has 1 atom stereocenters. The monoisotopic (exact) mass is 709 g/mol. The highest BCUT2D eigenvalue weighted by Crippen LogP contribution is 2.34. The highest BCUT2D eigenvalue weighted by Gasteiger charge is 2.41. The van der Waals surface area contributed by atoms with Crippen LogP contribution in [0.2, 0.25) is 0 Å². The fourth-order valence-electron chi connectivity index (χ4n) is 5.12. The van der Waals surface area contributed by atoms with E-state index in [2.05, 4.69) is 19.2 Å². The first-order valence-corrected chi connectivity index (χ1v) is 19.5. The van der Waals surface area contributed by atoms with Gasteiger partial charge in [0.2, 0.25) is 6.10 Å². The highest BCUT2D eigenvalue weighted by atomic mass is 32.2. The molecule has 0 aromatic heterocycles. The normalized spacial score (nSPS) is 14.0. The Balaban J connectivity index is 1.69. The van der Waals surface area contributed by atoms with Gasteiger partial charge in [-0.1, -0.05) is 63.8 Å². The van der Waals surface area contributed by atoms with E-state index in [0.717, 1.165) is 47.1 Å². The van der Waals surface area contributed by atoms with Gasteiger partial charge in [-0.25, -0.2) is 22.5 Å². The third-order valence-corrected chi connectivity index (χ3v) is 10.7. The van der Waals surface area contributed by atoms with Crippen LogP contribution in [-0.4, -0.2) is 68.7 Å². The minimum Gasteiger partial charge on any atom is -0.473 e. The van der Waals surface area contributed by atoms with Crippen molar-refractivity contribution in [3.8, 4) is 5.75 Å². The number of sulfonamides is 1. The van der Waals surface area contributed by atoms with E-state index in [1.165, 1.54) is 24.6 Å². The lowest BCUT2D eigenvalue weighted by Gasteiger charge is -2.33. The number of aliphatic imine (C=N–C) groups is 1. The molecule has 0 saturated heterocycles. The van der Waals surface area contributed by atoms with Crippen LogP contribution in [0.4, 0.5) is 11.4 Å². The van der Waals surface area contributed by atoms with Crippen LogP contribution < -0.4 is 10.1 Å². The van der Waals surface area contributed by atoms with Gasteiger partial charge in [0.15, 0.2) is 5.84 Å². The van der Waals surface area contributed by atoms with Crippen LogP contribution in [0.3, 0.4) is 0 Å². The van der Waals surface area contributed by atoms with Gasteiger partial charge in [0, 0.05) is 24.7 Å². The summed E-state index contributed by atoms with van der Waals surface area (Å²) in [6.07, 6.45) is 5.32. The molecule has 0 fully saturated rings. The summed E-state index contributed by atoms with van der Waals surface area (Å²) in [6.45, 7) is 7.16. The summed E-state index contributed by atoms with van der Waals surface area (Å²) < 4.78 is 46.5. The molecule has 10 nitrogen and oxygen atoms in total. The molecule has 0 saturated carbocycles. The fraction of sp³-hybridized carbons (Fsp3) is 0.432. The van der Waals surface area contributed by atoms with Gasteiger partial charge in [-0.3, -0.25) is 4.79 Å². The van der Waals surface area contributed by atoms with Crippen LogP contribution in [0, 0.1) is 0 Å². The van der Waals surface area contributed by atoms with Crippen molar-refractivity contribution in [2.45, 2.75) is 81.6 Å². The van der Waals surface area contributed by atoms with E-state index in [1.54, 1.807) is 49.0 Å². The molecule has 1 N–H and O–H groups in total. The summed E-state index contributed by atoms with van der Waals surface area (Å²) in [5, 5.41) is 3.00. The largest absolute Gasteiger partial charge is 0.473 e. The van der Waals surface area contributed by atoms with Gasteiger partial charge in [0.1, 0.15) is 10.6 Å². The molecule has 49 heavy (non-hydrogen) atoms. The standard InChI is InChI=1S/C37H47N3O7S2/c1-4-7-9-14-27-48-32-18-12-10-16-30(32)39-36(41)34(47-29-22-20-28(21-23-29)37(42)46-6-3)35-38-31-17-11-13-19-33(31)49(43,44)40(35)24-15-26-45-25-8-5-2/h10-13,16-23,34H,4-9,14-15,24-27H2,1-3H3,(H,39,41). The molecule has 1 unspecified atom stereocenters. The molecule has 264 valence electrons. The van der Waals surface area contributed by atoms with Crippen LogP contribution in [0.25, 0.3) is 0 Å². The Hall–Kier alpha value is -3.87. The zero-order valence-corrected chi connectivity index (χ0v) is 30.2. The number of ether oxygens (including phenoxy) is 3. The van der Waals surface area contributed by atoms with E-state index in [0.29, 0.717) is 30.9 Å². The first-order chi connectivity index (χ1) is 23.8. The Morgan fingerprint density at radius 2 is 1.57 bits per heavy atom. The smallest absolute Gasteiger partial charge is 0.338 e. The number of amidine groups is 1. The second-order valence-electron chi connectivity index (χ2n) is 11.5. The topological polar surface area (TPSA) is 124 Å². The maximum Gasteiger partial charge on any atom is 0.338 e. The maximum absolute atomic E-state index is 14.3. The number of amides is 1. The number of para-hydroxylation sites is 2. The predicted octanol–water partition coefficient (Wildman–Crippen LogP) is 7.86. The molecule has 0 bridgehead atoms. The lowest BCUT2D eigenvalue weighted by molar-refractivity contribution is -0.120. The number of hydrogen-bond donors (Lipinski definition) is 1. The van der Waals surface area contributed by atoms with E-state index in [-0.39, 0.29) is 35.3 Å². The summed E-state index contributed by atoms with van der Waals surface area (Å²) in [4.78, 5) is 32.3.